The zero-order valence-electron chi connectivity index (χ0n) is 17.3. The molecule has 0 spiro atoms. The topological polar surface area (TPSA) is 104 Å². The Bertz CT molecular complexity index is 1070. The highest BCUT2D eigenvalue weighted by Crippen LogP contribution is 2.22. The molecule has 1 heterocycles. The normalized spacial score (nSPS) is 11.6. The quantitative estimate of drug-likeness (QED) is 0.548. The second-order valence-corrected chi connectivity index (χ2v) is 6.69. The maximum absolute atomic E-state index is 13.7. The molecule has 0 saturated carbocycles. The Morgan fingerprint density at radius 1 is 1.19 bits per heavy atom. The molecule has 0 fully saturated rings. The first-order valence-corrected chi connectivity index (χ1v) is 9.68. The van der Waals surface area contributed by atoms with Gasteiger partial charge in [0.15, 0.2) is 6.10 Å². The van der Waals surface area contributed by atoms with Gasteiger partial charge in [0, 0.05) is 11.1 Å². The number of aromatic nitrogens is 2. The van der Waals surface area contributed by atoms with Crippen molar-refractivity contribution in [3.8, 4) is 17.1 Å². The standard InChI is InChI=1S/C22H22FN3O5/c1-4-29-17-9-7-15(8-10-17)21(28)24-12-19(27)30-14(3)22-25-20(26-31-22)16-6-5-13(2)18(23)11-16/h5-11,14H,4,12H2,1-3H3,(H,24,28). The Labute approximate surface area is 178 Å². The molecule has 1 aromatic heterocycles. The van der Waals surface area contributed by atoms with Crippen LogP contribution in [-0.4, -0.2) is 35.2 Å². The predicted octanol–water partition coefficient (Wildman–Crippen LogP) is 3.62. The number of amides is 1. The van der Waals surface area contributed by atoms with Crippen LogP contribution in [-0.2, 0) is 9.53 Å². The second kappa shape index (κ2) is 9.84. The molecule has 1 atom stereocenters. The first-order valence-electron chi connectivity index (χ1n) is 9.68. The summed E-state index contributed by atoms with van der Waals surface area (Å²) in [4.78, 5) is 28.4. The number of ether oxygens (including phenoxy) is 2. The number of nitrogens with one attached hydrogen (secondary N) is 1. The van der Waals surface area contributed by atoms with E-state index in [1.165, 1.54) is 6.07 Å². The molecule has 0 bridgehead atoms. The fraction of sp³-hybridized carbons (Fsp3) is 0.273. The highest BCUT2D eigenvalue weighted by Gasteiger charge is 2.20. The number of halogens is 1. The van der Waals surface area contributed by atoms with Gasteiger partial charge in [-0.05, 0) is 56.7 Å². The lowest BCUT2D eigenvalue weighted by molar-refractivity contribution is -0.148. The Balaban J connectivity index is 1.53. The van der Waals surface area contributed by atoms with Gasteiger partial charge in [-0.15, -0.1) is 0 Å². The molecule has 9 heteroatoms. The highest BCUT2D eigenvalue weighted by molar-refractivity contribution is 5.96. The molecule has 1 amide bonds. The van der Waals surface area contributed by atoms with Crippen LogP contribution in [0, 0.1) is 12.7 Å². The van der Waals surface area contributed by atoms with Gasteiger partial charge in [-0.25, -0.2) is 4.39 Å². The van der Waals surface area contributed by atoms with Gasteiger partial charge in [-0.1, -0.05) is 17.3 Å². The van der Waals surface area contributed by atoms with Crippen LogP contribution >= 0.6 is 0 Å². The van der Waals surface area contributed by atoms with Crippen LogP contribution in [0.25, 0.3) is 11.4 Å². The SMILES string of the molecule is CCOc1ccc(C(=O)NCC(=O)OC(C)c2nc(-c3ccc(C)c(F)c3)no2)cc1. The van der Waals surface area contributed by atoms with Crippen molar-refractivity contribution in [1.82, 2.24) is 15.5 Å². The van der Waals surface area contributed by atoms with Crippen LogP contribution in [0.2, 0.25) is 0 Å². The van der Waals surface area contributed by atoms with Crippen molar-refractivity contribution in [1.29, 1.82) is 0 Å². The van der Waals surface area contributed by atoms with Crippen molar-refractivity contribution >= 4 is 11.9 Å². The van der Waals surface area contributed by atoms with Gasteiger partial charge in [-0.3, -0.25) is 9.59 Å². The lowest BCUT2D eigenvalue weighted by Gasteiger charge is -2.10. The number of hydrogen-bond donors (Lipinski definition) is 1. The summed E-state index contributed by atoms with van der Waals surface area (Å²) in [6.45, 7) is 5.26. The Kier molecular flexibility index (Phi) is 6.96. The summed E-state index contributed by atoms with van der Waals surface area (Å²) in [5.41, 5.74) is 1.33. The van der Waals surface area contributed by atoms with Crippen LogP contribution in [0.3, 0.4) is 0 Å². The van der Waals surface area contributed by atoms with Crippen molar-refractivity contribution in [3.05, 3.63) is 65.3 Å². The molecule has 0 saturated heterocycles. The molecule has 3 aromatic rings. The lowest BCUT2D eigenvalue weighted by atomic mass is 10.1. The van der Waals surface area contributed by atoms with Gasteiger partial charge in [0.2, 0.25) is 5.82 Å². The number of rotatable bonds is 8. The zero-order chi connectivity index (χ0) is 22.4. The average molecular weight is 427 g/mol. The first kappa shape index (κ1) is 21.9. The minimum absolute atomic E-state index is 0.0576. The average Bonchev–Trinajstić information content (AvgIpc) is 3.25. The molecule has 8 nitrogen and oxygen atoms in total. The third kappa shape index (κ3) is 5.65. The fourth-order valence-corrected chi connectivity index (χ4v) is 2.66. The number of carbonyl (C=O) groups is 2. The number of hydrogen-bond acceptors (Lipinski definition) is 7. The van der Waals surface area contributed by atoms with Crippen LogP contribution in [0.5, 0.6) is 5.75 Å². The number of aryl methyl sites for hydroxylation is 1. The third-order valence-electron chi connectivity index (χ3n) is 4.35. The van der Waals surface area contributed by atoms with E-state index in [0.717, 1.165) is 0 Å². The minimum atomic E-state index is -0.841. The third-order valence-corrected chi connectivity index (χ3v) is 4.35. The van der Waals surface area contributed by atoms with Crippen LogP contribution in [0.15, 0.2) is 47.0 Å². The molecule has 2 aromatic carbocycles. The summed E-state index contributed by atoms with van der Waals surface area (Å²) in [5, 5.41) is 6.28. The van der Waals surface area contributed by atoms with E-state index in [1.54, 1.807) is 50.2 Å². The maximum atomic E-state index is 13.7. The monoisotopic (exact) mass is 427 g/mol. The van der Waals surface area contributed by atoms with Crippen LogP contribution in [0.4, 0.5) is 4.39 Å². The van der Waals surface area contributed by atoms with E-state index in [9.17, 15) is 14.0 Å². The van der Waals surface area contributed by atoms with Gasteiger partial charge in [0.1, 0.15) is 18.1 Å². The Morgan fingerprint density at radius 3 is 2.61 bits per heavy atom. The predicted molar refractivity (Wildman–Crippen MR) is 109 cm³/mol. The van der Waals surface area contributed by atoms with E-state index < -0.39 is 18.0 Å². The smallest absolute Gasteiger partial charge is 0.326 e. The van der Waals surface area contributed by atoms with E-state index in [-0.39, 0.29) is 24.1 Å². The largest absolute Gasteiger partial charge is 0.494 e. The van der Waals surface area contributed by atoms with Crippen molar-refractivity contribution in [2.45, 2.75) is 26.9 Å². The number of carbonyl (C=O) groups excluding carboxylic acids is 2. The highest BCUT2D eigenvalue weighted by atomic mass is 19.1. The van der Waals surface area contributed by atoms with Gasteiger partial charge in [-0.2, -0.15) is 4.98 Å². The second-order valence-electron chi connectivity index (χ2n) is 6.69. The molecule has 0 aliphatic heterocycles. The molecule has 1 N–H and O–H groups in total. The lowest BCUT2D eigenvalue weighted by Crippen LogP contribution is -2.31. The molecule has 1 unspecified atom stereocenters. The van der Waals surface area contributed by atoms with Crippen molar-refractivity contribution < 1.29 is 28.0 Å². The van der Waals surface area contributed by atoms with Gasteiger partial charge in [0.25, 0.3) is 11.8 Å². The van der Waals surface area contributed by atoms with Gasteiger partial charge < -0.3 is 19.3 Å². The zero-order valence-corrected chi connectivity index (χ0v) is 17.3. The van der Waals surface area contributed by atoms with Gasteiger partial charge >= 0.3 is 5.97 Å². The van der Waals surface area contributed by atoms with Gasteiger partial charge in [0.05, 0.1) is 6.61 Å². The number of benzene rings is 2. The summed E-state index contributed by atoms with van der Waals surface area (Å²) >= 11 is 0. The van der Waals surface area contributed by atoms with Crippen molar-refractivity contribution in [2.24, 2.45) is 0 Å². The molecule has 0 radical (unpaired) electrons. The van der Waals surface area contributed by atoms with E-state index in [1.807, 2.05) is 6.92 Å². The molecular weight excluding hydrogens is 405 g/mol. The number of esters is 1. The van der Waals surface area contributed by atoms with Crippen LogP contribution in [0.1, 0.15) is 41.8 Å². The molecule has 3 rings (SSSR count). The Hall–Kier alpha value is -3.75. The van der Waals surface area contributed by atoms with E-state index in [4.69, 9.17) is 14.0 Å². The van der Waals surface area contributed by atoms with E-state index >= 15 is 0 Å². The molecule has 31 heavy (non-hydrogen) atoms. The van der Waals surface area contributed by atoms with Crippen molar-refractivity contribution in [3.63, 3.8) is 0 Å². The Morgan fingerprint density at radius 2 is 1.94 bits per heavy atom. The summed E-state index contributed by atoms with van der Waals surface area (Å²) in [6, 6.07) is 11.1. The van der Waals surface area contributed by atoms with E-state index in [0.29, 0.717) is 29.0 Å². The molecular formula is C22H22FN3O5. The summed E-state index contributed by atoms with van der Waals surface area (Å²) in [7, 11) is 0. The minimum Gasteiger partial charge on any atom is -0.494 e. The summed E-state index contributed by atoms with van der Waals surface area (Å²) < 4.78 is 29.4. The maximum Gasteiger partial charge on any atom is 0.326 e. The molecule has 162 valence electrons. The number of nitrogens with zero attached hydrogens (tertiary/aromatic N) is 2. The summed E-state index contributed by atoms with van der Waals surface area (Å²) in [6.07, 6.45) is -0.841. The van der Waals surface area contributed by atoms with E-state index in [2.05, 4.69) is 15.5 Å². The molecule has 0 aliphatic rings. The first-order chi connectivity index (χ1) is 14.9. The van der Waals surface area contributed by atoms with Crippen LogP contribution < -0.4 is 10.1 Å². The fourth-order valence-electron chi connectivity index (χ4n) is 2.66. The summed E-state index contributed by atoms with van der Waals surface area (Å²) in [5.74, 6) is -0.587. The molecule has 0 aliphatic carbocycles. The van der Waals surface area contributed by atoms with Crippen molar-refractivity contribution in [2.75, 3.05) is 13.2 Å².